The Balaban J connectivity index is 1.24. The number of furan rings is 1. The van der Waals surface area contributed by atoms with E-state index in [9.17, 15) is 0 Å². The highest BCUT2D eigenvalue weighted by Crippen LogP contribution is 2.43. The van der Waals surface area contributed by atoms with E-state index in [1.54, 1.807) is 0 Å². The van der Waals surface area contributed by atoms with Crippen molar-refractivity contribution in [3.8, 4) is 45.3 Å². The molecule has 0 amide bonds. The molecular weight excluding hydrogens is 623 g/mol. The van der Waals surface area contributed by atoms with Crippen molar-refractivity contribution in [2.24, 2.45) is 0 Å². The number of benzene rings is 8. The second kappa shape index (κ2) is 11.5. The first-order chi connectivity index (χ1) is 25.1. The Hall–Kier alpha value is -6.65. The van der Waals surface area contributed by atoms with Gasteiger partial charge in [0.05, 0.1) is 0 Å². The summed E-state index contributed by atoms with van der Waals surface area (Å²) in [7, 11) is 0. The Morgan fingerprint density at radius 1 is 0.353 bits per heavy atom. The van der Waals surface area contributed by atoms with Gasteiger partial charge in [0.1, 0.15) is 11.2 Å². The molecule has 0 saturated carbocycles. The number of hydrogen-bond donors (Lipinski definition) is 0. The summed E-state index contributed by atoms with van der Waals surface area (Å²) in [6, 6.07) is 53.0. The number of aromatic nitrogens is 3. The molecule has 0 aliphatic carbocycles. The monoisotopic (exact) mass is 653 g/mol. The van der Waals surface area contributed by atoms with Crippen LogP contribution in [0.3, 0.4) is 0 Å². The molecule has 2 heterocycles. The van der Waals surface area contributed by atoms with Crippen molar-refractivity contribution in [2.75, 3.05) is 0 Å². The van der Waals surface area contributed by atoms with Crippen LogP contribution in [-0.2, 0) is 0 Å². The number of para-hydroxylation sites is 1. The quantitative estimate of drug-likeness (QED) is 0.177. The van der Waals surface area contributed by atoms with E-state index in [2.05, 4.69) is 117 Å². The second-order valence-electron chi connectivity index (χ2n) is 13.3. The average Bonchev–Trinajstić information content (AvgIpc) is 3.58. The maximum atomic E-state index is 6.63. The Morgan fingerprint density at radius 3 is 1.59 bits per heavy atom. The van der Waals surface area contributed by atoms with Crippen LogP contribution < -0.4 is 0 Å². The van der Waals surface area contributed by atoms with Crippen LogP contribution in [0.4, 0.5) is 0 Å². The van der Waals surface area contributed by atoms with E-state index in [1.165, 1.54) is 27.3 Å². The topological polar surface area (TPSA) is 51.8 Å². The van der Waals surface area contributed by atoms with E-state index < -0.39 is 0 Å². The fourth-order valence-electron chi connectivity index (χ4n) is 7.49. The van der Waals surface area contributed by atoms with E-state index >= 15 is 0 Å². The summed E-state index contributed by atoms with van der Waals surface area (Å²) < 4.78 is 6.63. The van der Waals surface area contributed by atoms with Crippen molar-refractivity contribution in [1.29, 1.82) is 0 Å². The van der Waals surface area contributed by atoms with Gasteiger partial charge in [0.25, 0.3) is 0 Å². The van der Waals surface area contributed by atoms with E-state index in [1.807, 2.05) is 48.5 Å². The predicted molar refractivity (Wildman–Crippen MR) is 211 cm³/mol. The maximum absolute atomic E-state index is 6.63. The number of rotatable bonds is 4. The minimum Gasteiger partial charge on any atom is -0.455 e. The van der Waals surface area contributed by atoms with Gasteiger partial charge in [0, 0.05) is 32.8 Å². The van der Waals surface area contributed by atoms with Gasteiger partial charge in [0.15, 0.2) is 17.5 Å². The predicted octanol–water partition coefficient (Wildman–Crippen LogP) is 12.5. The molecular formula is C47H31N3O. The smallest absolute Gasteiger partial charge is 0.164 e. The molecule has 0 saturated heterocycles. The van der Waals surface area contributed by atoms with Crippen molar-refractivity contribution in [1.82, 2.24) is 15.0 Å². The molecule has 2 aromatic heterocycles. The second-order valence-corrected chi connectivity index (χ2v) is 13.3. The molecule has 0 fully saturated rings. The molecule has 0 N–H and O–H groups in total. The van der Waals surface area contributed by atoms with Crippen LogP contribution in [-0.4, -0.2) is 15.0 Å². The molecule has 4 heteroatoms. The van der Waals surface area contributed by atoms with E-state index in [4.69, 9.17) is 19.4 Å². The summed E-state index contributed by atoms with van der Waals surface area (Å²) in [6.45, 7) is 4.37. The summed E-state index contributed by atoms with van der Waals surface area (Å²) in [5.74, 6) is 1.90. The third-order valence-electron chi connectivity index (χ3n) is 10.2. The highest BCUT2D eigenvalue weighted by molar-refractivity contribution is 6.32. The Labute approximate surface area is 294 Å². The lowest BCUT2D eigenvalue weighted by Gasteiger charge is -2.14. The molecule has 0 atom stereocenters. The first kappa shape index (κ1) is 29.3. The van der Waals surface area contributed by atoms with Gasteiger partial charge in [-0.05, 0) is 87.3 Å². The molecule has 0 radical (unpaired) electrons. The molecule has 51 heavy (non-hydrogen) atoms. The fraction of sp³-hybridized carbons (Fsp3) is 0.0426. The summed E-state index contributed by atoms with van der Waals surface area (Å²) in [6.07, 6.45) is 0. The fourth-order valence-corrected chi connectivity index (χ4v) is 7.49. The Kier molecular flexibility index (Phi) is 6.58. The van der Waals surface area contributed by atoms with Crippen molar-refractivity contribution in [2.45, 2.75) is 13.8 Å². The van der Waals surface area contributed by atoms with E-state index in [-0.39, 0.29) is 0 Å². The zero-order valence-electron chi connectivity index (χ0n) is 28.2. The van der Waals surface area contributed by atoms with Crippen molar-refractivity contribution >= 4 is 54.3 Å². The first-order valence-electron chi connectivity index (χ1n) is 17.3. The SMILES string of the molecule is Cc1cc2c3cc(-c4nc(-c5ccccc5)nc(-c5cccc(-c6ccccc6)c5)n4)ccc3c3c(ccc4c5ccccc5oc43)c2cc1C. The summed E-state index contributed by atoms with van der Waals surface area (Å²) >= 11 is 0. The lowest BCUT2D eigenvalue weighted by molar-refractivity contribution is 0.673. The summed E-state index contributed by atoms with van der Waals surface area (Å²) in [4.78, 5) is 15.3. The lowest BCUT2D eigenvalue weighted by atomic mass is 9.90. The molecule has 0 aliphatic heterocycles. The highest BCUT2D eigenvalue weighted by Gasteiger charge is 2.19. The van der Waals surface area contributed by atoms with Crippen LogP contribution in [0.1, 0.15) is 11.1 Å². The highest BCUT2D eigenvalue weighted by atomic mass is 16.3. The van der Waals surface area contributed by atoms with Crippen LogP contribution >= 0.6 is 0 Å². The van der Waals surface area contributed by atoms with Gasteiger partial charge in [-0.15, -0.1) is 0 Å². The molecule has 10 rings (SSSR count). The largest absolute Gasteiger partial charge is 0.455 e. The van der Waals surface area contributed by atoms with Gasteiger partial charge in [-0.2, -0.15) is 0 Å². The van der Waals surface area contributed by atoms with E-state index in [0.717, 1.165) is 65.9 Å². The standard InChI is InChI=1S/C47H31N3O/c1-28-24-39-37-22-23-38-35-18-9-10-19-42(35)51-44(38)43(37)36-21-20-34(27-41(36)40(39)25-29(28)2)47-49-45(31-14-7-4-8-15-31)48-46(50-47)33-17-11-16-32(26-33)30-12-5-3-6-13-30/h3-27H,1-2H3. The average molecular weight is 654 g/mol. The van der Waals surface area contributed by atoms with Crippen LogP contribution in [0.25, 0.3) is 99.5 Å². The minimum atomic E-state index is 0.630. The normalized spacial score (nSPS) is 11.7. The van der Waals surface area contributed by atoms with Crippen LogP contribution in [0, 0.1) is 13.8 Å². The molecule has 0 unspecified atom stereocenters. The van der Waals surface area contributed by atoms with E-state index in [0.29, 0.717) is 17.5 Å². The molecule has 8 aromatic carbocycles. The summed E-state index contributed by atoms with van der Waals surface area (Å²) in [5.41, 5.74) is 9.40. The van der Waals surface area contributed by atoms with Crippen molar-refractivity contribution in [3.63, 3.8) is 0 Å². The third kappa shape index (κ3) is 4.79. The first-order valence-corrected chi connectivity index (χ1v) is 17.3. The van der Waals surface area contributed by atoms with Gasteiger partial charge >= 0.3 is 0 Å². The zero-order chi connectivity index (χ0) is 34.1. The molecule has 10 aromatic rings. The minimum absolute atomic E-state index is 0.630. The lowest BCUT2D eigenvalue weighted by Crippen LogP contribution is -2.00. The van der Waals surface area contributed by atoms with Crippen LogP contribution in [0.15, 0.2) is 156 Å². The van der Waals surface area contributed by atoms with Gasteiger partial charge in [-0.25, -0.2) is 15.0 Å². The number of aryl methyl sites for hydroxylation is 2. The van der Waals surface area contributed by atoms with Gasteiger partial charge in [-0.1, -0.05) is 127 Å². The Bertz CT molecular complexity index is 2980. The molecule has 0 spiro atoms. The summed E-state index contributed by atoms with van der Waals surface area (Å²) in [5, 5.41) is 9.25. The molecule has 4 nitrogen and oxygen atoms in total. The molecule has 240 valence electrons. The van der Waals surface area contributed by atoms with Gasteiger partial charge in [-0.3, -0.25) is 0 Å². The van der Waals surface area contributed by atoms with Crippen molar-refractivity contribution < 1.29 is 4.42 Å². The number of fused-ring (bicyclic) bond motifs is 10. The van der Waals surface area contributed by atoms with Crippen molar-refractivity contribution in [3.05, 3.63) is 163 Å². The van der Waals surface area contributed by atoms with Gasteiger partial charge < -0.3 is 4.42 Å². The molecule has 0 bridgehead atoms. The maximum Gasteiger partial charge on any atom is 0.164 e. The number of nitrogens with zero attached hydrogens (tertiary/aromatic N) is 3. The molecule has 0 aliphatic rings. The Morgan fingerprint density at radius 2 is 0.863 bits per heavy atom. The van der Waals surface area contributed by atoms with Crippen LogP contribution in [0.5, 0.6) is 0 Å². The van der Waals surface area contributed by atoms with Crippen LogP contribution in [0.2, 0.25) is 0 Å². The zero-order valence-corrected chi connectivity index (χ0v) is 28.2. The number of hydrogen-bond acceptors (Lipinski definition) is 4. The third-order valence-corrected chi connectivity index (χ3v) is 10.2. The van der Waals surface area contributed by atoms with Gasteiger partial charge in [0.2, 0.25) is 0 Å².